The molecule has 2 atom stereocenters. The molecule has 0 fully saturated rings. The molecule has 0 amide bonds. The summed E-state index contributed by atoms with van der Waals surface area (Å²) in [4.78, 5) is 0. The Labute approximate surface area is 223 Å². The molecule has 2 aromatic carbocycles. The van der Waals surface area contributed by atoms with Gasteiger partial charge in [0, 0.05) is 24.1 Å². The Morgan fingerprint density at radius 2 is 1.27 bits per heavy atom. The van der Waals surface area contributed by atoms with Crippen LogP contribution in [0.4, 0.5) is 0 Å². The fraction of sp³-hybridized carbons (Fsp3) is 0.613. The van der Waals surface area contributed by atoms with Gasteiger partial charge in [-0.15, -0.1) is 0 Å². The molecule has 0 aromatic heterocycles. The van der Waals surface area contributed by atoms with E-state index in [4.69, 9.17) is 23.7 Å². The molecule has 6 nitrogen and oxygen atoms in total. The Hall–Kier alpha value is -2.60. The Morgan fingerprint density at radius 1 is 0.703 bits per heavy atom. The number of fused-ring (bicyclic) bond motifs is 1. The third-order valence-corrected chi connectivity index (χ3v) is 6.49. The summed E-state index contributed by atoms with van der Waals surface area (Å²) in [5.74, 6) is 3.60. The number of hydrogen-bond acceptors (Lipinski definition) is 6. The molecular formula is C31H46O6. The van der Waals surface area contributed by atoms with Gasteiger partial charge in [0.25, 0.3) is 0 Å². The third-order valence-electron chi connectivity index (χ3n) is 6.49. The number of aliphatic hydroxyl groups is 1. The largest absolute Gasteiger partial charge is 0.493 e. The second-order valence-electron chi connectivity index (χ2n) is 9.72. The average molecular weight is 515 g/mol. The smallest absolute Gasteiger partial charge is 0.161 e. The summed E-state index contributed by atoms with van der Waals surface area (Å²) in [7, 11) is 0. The maximum absolute atomic E-state index is 11.2. The number of hydrogen-bond donors (Lipinski definition) is 1. The predicted octanol–water partition coefficient (Wildman–Crippen LogP) is 7.44. The molecule has 0 saturated carbocycles. The molecule has 0 saturated heterocycles. The quantitative estimate of drug-likeness (QED) is 0.221. The topological polar surface area (TPSA) is 66.4 Å². The third kappa shape index (κ3) is 8.46. The van der Waals surface area contributed by atoms with Gasteiger partial charge in [0.1, 0.15) is 23.4 Å². The monoisotopic (exact) mass is 514 g/mol. The van der Waals surface area contributed by atoms with Crippen molar-refractivity contribution in [3.05, 3.63) is 41.5 Å². The fourth-order valence-corrected chi connectivity index (χ4v) is 4.18. The molecular weight excluding hydrogens is 468 g/mol. The molecule has 6 heteroatoms. The maximum atomic E-state index is 11.2. The number of aliphatic hydroxyl groups excluding tert-OH is 1. The van der Waals surface area contributed by atoms with Crippen LogP contribution >= 0.6 is 0 Å². The van der Waals surface area contributed by atoms with Crippen molar-refractivity contribution >= 4 is 0 Å². The predicted molar refractivity (Wildman–Crippen MR) is 148 cm³/mol. The second kappa shape index (κ2) is 15.6. The van der Waals surface area contributed by atoms with E-state index < -0.39 is 12.2 Å². The van der Waals surface area contributed by atoms with Crippen LogP contribution in [0.3, 0.4) is 0 Å². The van der Waals surface area contributed by atoms with E-state index >= 15 is 0 Å². The van der Waals surface area contributed by atoms with E-state index in [1.165, 1.54) is 0 Å². The lowest BCUT2D eigenvalue weighted by Gasteiger charge is -2.32. The van der Waals surface area contributed by atoms with Crippen LogP contribution in [0, 0.1) is 0 Å². The van der Waals surface area contributed by atoms with Gasteiger partial charge >= 0.3 is 0 Å². The summed E-state index contributed by atoms with van der Waals surface area (Å²) >= 11 is 0. The van der Waals surface area contributed by atoms with Crippen molar-refractivity contribution < 1.29 is 28.8 Å². The summed E-state index contributed by atoms with van der Waals surface area (Å²) in [6.07, 6.45) is 7.35. The van der Waals surface area contributed by atoms with Crippen molar-refractivity contribution in [1.82, 2.24) is 0 Å². The van der Waals surface area contributed by atoms with E-state index in [0.717, 1.165) is 79.7 Å². The standard InChI is InChI=1S/C31H46O6/c1-5-9-15-33-24-20-28(35-17-11-7-3)25-22-26(32)31(37-29(25)21-24)23-13-14-27(34-16-10-6-2)30(19-23)36-18-12-8-4/h13-14,19-21,26,31-32H,5-12,15-18,22H2,1-4H3/t26?,31-/m0/s1. The van der Waals surface area contributed by atoms with E-state index in [2.05, 4.69) is 27.7 Å². The summed E-state index contributed by atoms with van der Waals surface area (Å²) in [6.45, 7) is 11.1. The van der Waals surface area contributed by atoms with Crippen molar-refractivity contribution in [3.63, 3.8) is 0 Å². The molecule has 1 aliphatic heterocycles. The fourth-order valence-electron chi connectivity index (χ4n) is 4.18. The lowest BCUT2D eigenvalue weighted by Crippen LogP contribution is -2.30. The van der Waals surface area contributed by atoms with Crippen LogP contribution in [-0.4, -0.2) is 37.6 Å². The van der Waals surface area contributed by atoms with Crippen molar-refractivity contribution in [2.75, 3.05) is 26.4 Å². The zero-order valence-electron chi connectivity index (χ0n) is 23.2. The van der Waals surface area contributed by atoms with Crippen molar-refractivity contribution in [1.29, 1.82) is 0 Å². The highest BCUT2D eigenvalue weighted by molar-refractivity contribution is 5.53. The van der Waals surface area contributed by atoms with Crippen LogP contribution < -0.4 is 23.7 Å². The number of rotatable bonds is 17. The molecule has 37 heavy (non-hydrogen) atoms. The first-order valence-electron chi connectivity index (χ1n) is 14.3. The first kappa shape index (κ1) is 29.0. The minimum Gasteiger partial charge on any atom is -0.493 e. The summed E-state index contributed by atoms with van der Waals surface area (Å²) in [6, 6.07) is 9.71. The Bertz CT molecular complexity index is 944. The molecule has 1 aliphatic rings. The van der Waals surface area contributed by atoms with E-state index in [-0.39, 0.29) is 0 Å². The minimum absolute atomic E-state index is 0.442. The van der Waals surface area contributed by atoms with Gasteiger partial charge in [-0.3, -0.25) is 0 Å². The zero-order chi connectivity index (χ0) is 26.5. The molecule has 1 N–H and O–H groups in total. The molecule has 1 heterocycles. The Morgan fingerprint density at radius 3 is 1.89 bits per heavy atom. The van der Waals surface area contributed by atoms with Gasteiger partial charge in [0.2, 0.25) is 0 Å². The van der Waals surface area contributed by atoms with Crippen molar-refractivity contribution in [3.8, 4) is 28.7 Å². The first-order valence-corrected chi connectivity index (χ1v) is 14.3. The van der Waals surface area contributed by atoms with Gasteiger partial charge in [-0.2, -0.15) is 0 Å². The van der Waals surface area contributed by atoms with Gasteiger partial charge in [-0.25, -0.2) is 0 Å². The van der Waals surface area contributed by atoms with Gasteiger partial charge in [-0.05, 0) is 43.4 Å². The summed E-state index contributed by atoms with van der Waals surface area (Å²) < 4.78 is 30.6. The summed E-state index contributed by atoms with van der Waals surface area (Å²) in [5.41, 5.74) is 1.75. The number of benzene rings is 2. The lowest BCUT2D eigenvalue weighted by atomic mass is 9.93. The number of unbranched alkanes of at least 4 members (excludes halogenated alkanes) is 4. The van der Waals surface area contributed by atoms with Crippen molar-refractivity contribution in [2.45, 2.75) is 97.7 Å². The van der Waals surface area contributed by atoms with E-state index in [0.29, 0.717) is 44.3 Å². The summed E-state index contributed by atoms with van der Waals surface area (Å²) in [5, 5.41) is 11.2. The Balaban J connectivity index is 1.87. The van der Waals surface area contributed by atoms with E-state index in [1.807, 2.05) is 30.3 Å². The first-order chi connectivity index (χ1) is 18.1. The minimum atomic E-state index is -0.719. The lowest BCUT2D eigenvalue weighted by molar-refractivity contribution is 0.0193. The molecule has 0 aliphatic carbocycles. The number of ether oxygens (including phenoxy) is 5. The van der Waals surface area contributed by atoms with Crippen LogP contribution in [0.25, 0.3) is 0 Å². The van der Waals surface area contributed by atoms with Gasteiger partial charge < -0.3 is 28.8 Å². The highest BCUT2D eigenvalue weighted by Crippen LogP contribution is 2.44. The molecule has 206 valence electrons. The Kier molecular flexibility index (Phi) is 12.2. The zero-order valence-corrected chi connectivity index (χ0v) is 23.2. The van der Waals surface area contributed by atoms with Crippen LogP contribution in [0.1, 0.15) is 96.3 Å². The van der Waals surface area contributed by atoms with Gasteiger partial charge in [0.05, 0.1) is 32.5 Å². The van der Waals surface area contributed by atoms with Crippen molar-refractivity contribution in [2.24, 2.45) is 0 Å². The average Bonchev–Trinajstić information content (AvgIpc) is 2.90. The van der Waals surface area contributed by atoms with Gasteiger partial charge in [-0.1, -0.05) is 59.4 Å². The molecule has 0 radical (unpaired) electrons. The van der Waals surface area contributed by atoms with Gasteiger partial charge in [0.15, 0.2) is 11.5 Å². The van der Waals surface area contributed by atoms with Crippen LogP contribution in [0.5, 0.6) is 28.7 Å². The molecule has 2 aromatic rings. The normalized spacial score (nSPS) is 16.6. The molecule has 1 unspecified atom stereocenters. The maximum Gasteiger partial charge on any atom is 0.161 e. The van der Waals surface area contributed by atoms with Crippen LogP contribution in [0.15, 0.2) is 30.3 Å². The van der Waals surface area contributed by atoms with E-state index in [9.17, 15) is 5.11 Å². The van der Waals surface area contributed by atoms with Crippen LogP contribution in [-0.2, 0) is 6.42 Å². The highest BCUT2D eigenvalue weighted by atomic mass is 16.5. The molecule has 3 rings (SSSR count). The molecule has 0 bridgehead atoms. The SMILES string of the molecule is CCCCOc1cc(OCCCC)c2c(c1)O[C@@H](c1ccc(OCCCC)c(OCCCC)c1)C(O)C2. The van der Waals surface area contributed by atoms with E-state index in [1.54, 1.807) is 0 Å². The molecule has 0 spiro atoms. The van der Waals surface area contributed by atoms with Crippen LogP contribution in [0.2, 0.25) is 0 Å². The highest BCUT2D eigenvalue weighted by Gasteiger charge is 2.33. The second-order valence-corrected chi connectivity index (χ2v) is 9.72.